The molecule has 1 heterocycles. The third-order valence-corrected chi connectivity index (χ3v) is 5.69. The Labute approximate surface area is 126 Å². The van der Waals surface area contributed by atoms with Gasteiger partial charge in [0.15, 0.2) is 0 Å². The third kappa shape index (κ3) is 3.73. The minimum Gasteiger partial charge on any atom is -0.301 e. The molecule has 6 heteroatoms. The fourth-order valence-corrected chi connectivity index (χ4v) is 4.10. The number of nitrogens with zero attached hydrogens (tertiary/aromatic N) is 2. The zero-order chi connectivity index (χ0) is 14.6. The van der Waals surface area contributed by atoms with Crippen LogP contribution in [0, 0.1) is 6.92 Å². The first-order chi connectivity index (χ1) is 9.54. The van der Waals surface area contributed by atoms with E-state index in [-0.39, 0.29) is 0 Å². The Bertz CT molecular complexity index is 531. The fraction of sp³-hybridized carbons (Fsp3) is 0.571. The van der Waals surface area contributed by atoms with E-state index in [2.05, 4.69) is 4.90 Å². The summed E-state index contributed by atoms with van der Waals surface area (Å²) in [5, 5.41) is 0. The lowest BCUT2D eigenvalue weighted by molar-refractivity contribution is 0.303. The zero-order valence-corrected chi connectivity index (χ0v) is 13.3. The van der Waals surface area contributed by atoms with Crippen molar-refractivity contribution in [2.24, 2.45) is 0 Å². The maximum atomic E-state index is 12.6. The summed E-state index contributed by atoms with van der Waals surface area (Å²) in [6.45, 7) is 5.54. The predicted octanol–water partition coefficient (Wildman–Crippen LogP) is 1.93. The molecule has 1 fully saturated rings. The van der Waals surface area contributed by atoms with E-state index in [0.717, 1.165) is 31.6 Å². The van der Waals surface area contributed by atoms with Crippen LogP contribution in [0.1, 0.15) is 12.0 Å². The van der Waals surface area contributed by atoms with Crippen molar-refractivity contribution >= 4 is 21.6 Å². The topological polar surface area (TPSA) is 40.6 Å². The van der Waals surface area contributed by atoms with Gasteiger partial charge in [0.2, 0.25) is 10.0 Å². The zero-order valence-electron chi connectivity index (χ0n) is 11.8. The number of halogens is 1. The van der Waals surface area contributed by atoms with Crippen molar-refractivity contribution < 1.29 is 8.42 Å². The number of alkyl halides is 1. The molecule has 0 aromatic heterocycles. The van der Waals surface area contributed by atoms with Gasteiger partial charge in [-0.3, -0.25) is 0 Å². The summed E-state index contributed by atoms with van der Waals surface area (Å²) < 4.78 is 26.8. The van der Waals surface area contributed by atoms with Crippen LogP contribution in [0.4, 0.5) is 0 Å². The number of hydrogen-bond acceptors (Lipinski definition) is 3. The van der Waals surface area contributed by atoms with Gasteiger partial charge in [0.25, 0.3) is 0 Å². The highest BCUT2D eigenvalue weighted by Gasteiger charge is 2.26. The largest absolute Gasteiger partial charge is 0.301 e. The first kappa shape index (κ1) is 15.8. The van der Waals surface area contributed by atoms with E-state index in [1.165, 1.54) is 0 Å². The molecule has 0 N–H and O–H groups in total. The molecule has 1 aromatic rings. The van der Waals surface area contributed by atoms with Gasteiger partial charge in [0.1, 0.15) is 0 Å². The minimum absolute atomic E-state index is 0.383. The van der Waals surface area contributed by atoms with Crippen molar-refractivity contribution in [3.05, 3.63) is 29.8 Å². The van der Waals surface area contributed by atoms with Gasteiger partial charge in [-0.05, 0) is 32.0 Å². The summed E-state index contributed by atoms with van der Waals surface area (Å²) in [4.78, 5) is 2.60. The van der Waals surface area contributed by atoms with Crippen LogP contribution in [0.15, 0.2) is 29.2 Å². The smallest absolute Gasteiger partial charge is 0.243 e. The fourth-order valence-electron chi connectivity index (χ4n) is 2.39. The first-order valence-corrected chi connectivity index (χ1v) is 8.86. The Morgan fingerprint density at radius 1 is 1.10 bits per heavy atom. The van der Waals surface area contributed by atoms with Crippen molar-refractivity contribution in [3.63, 3.8) is 0 Å². The van der Waals surface area contributed by atoms with Crippen LogP contribution in [0.3, 0.4) is 0 Å². The normalized spacial score (nSPS) is 18.9. The summed E-state index contributed by atoms with van der Waals surface area (Å²) >= 11 is 5.75. The van der Waals surface area contributed by atoms with Gasteiger partial charge < -0.3 is 4.90 Å². The van der Waals surface area contributed by atoms with Crippen molar-refractivity contribution in [2.45, 2.75) is 18.2 Å². The summed E-state index contributed by atoms with van der Waals surface area (Å²) in [6, 6.07) is 7.05. The lowest BCUT2D eigenvalue weighted by atomic mass is 10.2. The van der Waals surface area contributed by atoms with E-state index in [9.17, 15) is 8.42 Å². The molecule has 1 saturated heterocycles. The number of hydrogen-bond donors (Lipinski definition) is 0. The summed E-state index contributed by atoms with van der Waals surface area (Å²) in [6.07, 6.45) is 0.849. The molecule has 1 aliphatic rings. The third-order valence-electron chi connectivity index (χ3n) is 3.61. The maximum absolute atomic E-state index is 12.6. The molecular weight excluding hydrogens is 296 g/mol. The molecule has 112 valence electrons. The van der Waals surface area contributed by atoms with Crippen molar-refractivity contribution in [1.82, 2.24) is 9.21 Å². The van der Waals surface area contributed by atoms with Crippen molar-refractivity contribution in [2.75, 3.05) is 38.6 Å². The Hall–Kier alpha value is -0.620. The molecule has 0 aliphatic carbocycles. The minimum atomic E-state index is -3.37. The van der Waals surface area contributed by atoms with E-state index in [1.54, 1.807) is 16.4 Å². The monoisotopic (exact) mass is 316 g/mol. The standard InChI is InChI=1S/C14H21ClN2O2S/c1-13-3-5-14(6-4-13)20(18,19)17-9-2-8-16(10-7-15)11-12-17/h3-6H,2,7-12H2,1H3. The van der Waals surface area contributed by atoms with E-state index < -0.39 is 10.0 Å². The highest BCUT2D eigenvalue weighted by Crippen LogP contribution is 2.18. The van der Waals surface area contributed by atoms with Gasteiger partial charge in [-0.2, -0.15) is 4.31 Å². The van der Waals surface area contributed by atoms with Crippen molar-refractivity contribution in [3.8, 4) is 0 Å². The summed E-state index contributed by atoms with van der Waals surface area (Å²) in [5.74, 6) is 0.588. The molecule has 0 bridgehead atoms. The second kappa shape index (κ2) is 6.89. The number of sulfonamides is 1. The Kier molecular flexibility index (Phi) is 5.43. The summed E-state index contributed by atoms with van der Waals surface area (Å²) in [5.41, 5.74) is 1.06. The van der Waals surface area contributed by atoms with Crippen molar-refractivity contribution in [1.29, 1.82) is 0 Å². The van der Waals surface area contributed by atoms with E-state index in [0.29, 0.717) is 23.9 Å². The quantitative estimate of drug-likeness (QED) is 0.797. The molecule has 0 atom stereocenters. The Morgan fingerprint density at radius 3 is 2.45 bits per heavy atom. The Balaban J connectivity index is 2.11. The number of benzene rings is 1. The highest BCUT2D eigenvalue weighted by atomic mass is 35.5. The lowest BCUT2D eigenvalue weighted by Crippen LogP contribution is -2.35. The van der Waals surface area contributed by atoms with Crippen LogP contribution < -0.4 is 0 Å². The average molecular weight is 317 g/mol. The molecule has 0 saturated carbocycles. The summed E-state index contributed by atoms with van der Waals surface area (Å²) in [7, 11) is -3.37. The van der Waals surface area contributed by atoms with Gasteiger partial charge in [0, 0.05) is 32.1 Å². The SMILES string of the molecule is Cc1ccc(S(=O)(=O)N2CCCN(CCCl)CC2)cc1. The van der Waals surface area contributed by atoms with Gasteiger partial charge in [-0.1, -0.05) is 17.7 Å². The molecular formula is C14H21ClN2O2S. The molecule has 2 rings (SSSR count). The maximum Gasteiger partial charge on any atom is 0.243 e. The van der Waals surface area contributed by atoms with E-state index in [1.807, 2.05) is 19.1 Å². The van der Waals surface area contributed by atoms with Gasteiger partial charge in [-0.15, -0.1) is 11.6 Å². The molecule has 20 heavy (non-hydrogen) atoms. The molecule has 0 spiro atoms. The van der Waals surface area contributed by atoms with Crippen LogP contribution in [0.5, 0.6) is 0 Å². The van der Waals surface area contributed by atoms with Gasteiger partial charge >= 0.3 is 0 Å². The Morgan fingerprint density at radius 2 is 1.80 bits per heavy atom. The van der Waals surface area contributed by atoms with Crippen LogP contribution in [-0.4, -0.2) is 56.2 Å². The number of aryl methyl sites for hydroxylation is 1. The van der Waals surface area contributed by atoms with Gasteiger partial charge in [0.05, 0.1) is 4.90 Å². The number of rotatable bonds is 4. The lowest BCUT2D eigenvalue weighted by Gasteiger charge is -2.21. The van der Waals surface area contributed by atoms with E-state index in [4.69, 9.17) is 11.6 Å². The van der Waals surface area contributed by atoms with Crippen LogP contribution >= 0.6 is 11.6 Å². The second-order valence-electron chi connectivity index (χ2n) is 5.10. The molecule has 0 radical (unpaired) electrons. The molecule has 1 aromatic carbocycles. The molecule has 1 aliphatic heterocycles. The van der Waals surface area contributed by atoms with Crippen LogP contribution in [0.2, 0.25) is 0 Å². The molecule has 4 nitrogen and oxygen atoms in total. The van der Waals surface area contributed by atoms with E-state index >= 15 is 0 Å². The second-order valence-corrected chi connectivity index (χ2v) is 7.42. The average Bonchev–Trinajstić information content (AvgIpc) is 2.66. The van der Waals surface area contributed by atoms with Crippen LogP contribution in [0.25, 0.3) is 0 Å². The van der Waals surface area contributed by atoms with Gasteiger partial charge in [-0.25, -0.2) is 8.42 Å². The molecule has 0 amide bonds. The predicted molar refractivity (Wildman–Crippen MR) is 81.7 cm³/mol. The molecule has 0 unspecified atom stereocenters. The highest BCUT2D eigenvalue weighted by molar-refractivity contribution is 7.89. The van der Waals surface area contributed by atoms with Crippen LogP contribution in [-0.2, 0) is 10.0 Å². The first-order valence-electron chi connectivity index (χ1n) is 6.89.